The second-order valence-corrected chi connectivity index (χ2v) is 4.59. The average Bonchev–Trinajstić information content (AvgIpc) is 2.43. The smallest absolute Gasteiger partial charge is 0.305 e. The van der Waals surface area contributed by atoms with E-state index >= 15 is 0 Å². The summed E-state index contributed by atoms with van der Waals surface area (Å²) in [6.45, 7) is 4.86. The van der Waals surface area contributed by atoms with E-state index in [1.165, 1.54) is 0 Å². The van der Waals surface area contributed by atoms with E-state index in [1.54, 1.807) is 0 Å². The molecule has 1 aromatic rings. The van der Waals surface area contributed by atoms with Gasteiger partial charge in [-0.25, -0.2) is 0 Å². The first-order valence-corrected chi connectivity index (χ1v) is 6.70. The molecule has 5 heteroatoms. The quantitative estimate of drug-likeness (QED) is 0.713. The van der Waals surface area contributed by atoms with E-state index in [2.05, 4.69) is 0 Å². The molecule has 0 spiro atoms. The van der Waals surface area contributed by atoms with Gasteiger partial charge in [-0.15, -0.1) is 0 Å². The third-order valence-corrected chi connectivity index (χ3v) is 2.56. The summed E-state index contributed by atoms with van der Waals surface area (Å²) in [4.78, 5) is 10.3. The molecule has 0 fully saturated rings. The minimum absolute atomic E-state index is 0.0109. The molecule has 2 unspecified atom stereocenters. The third kappa shape index (κ3) is 7.76. The summed E-state index contributed by atoms with van der Waals surface area (Å²) in [5.41, 5.74) is 0. The Morgan fingerprint density at radius 2 is 1.75 bits per heavy atom. The lowest BCUT2D eigenvalue weighted by Crippen LogP contribution is -2.25. The molecule has 0 saturated heterocycles. The fourth-order valence-corrected chi connectivity index (χ4v) is 1.47. The molecule has 112 valence electrons. The van der Waals surface area contributed by atoms with Crippen LogP contribution in [0.2, 0.25) is 0 Å². The van der Waals surface area contributed by atoms with Gasteiger partial charge in [-0.05, 0) is 26.0 Å². The molecule has 0 aromatic heterocycles. The monoisotopic (exact) mass is 282 g/mol. The van der Waals surface area contributed by atoms with E-state index in [4.69, 9.17) is 19.3 Å². The summed E-state index contributed by atoms with van der Waals surface area (Å²) in [6, 6.07) is 9.55. The Labute approximate surface area is 119 Å². The highest BCUT2D eigenvalue weighted by Gasteiger charge is 2.08. The van der Waals surface area contributed by atoms with Gasteiger partial charge in [0.25, 0.3) is 0 Å². The molecule has 0 bridgehead atoms. The van der Waals surface area contributed by atoms with Gasteiger partial charge >= 0.3 is 5.97 Å². The number of para-hydroxylation sites is 1. The van der Waals surface area contributed by atoms with Crippen LogP contribution in [0.4, 0.5) is 0 Å². The van der Waals surface area contributed by atoms with Crippen molar-refractivity contribution >= 4 is 5.97 Å². The van der Waals surface area contributed by atoms with Crippen LogP contribution in [0.3, 0.4) is 0 Å². The van der Waals surface area contributed by atoms with E-state index in [9.17, 15) is 4.79 Å². The Balaban J connectivity index is 2.10. The summed E-state index contributed by atoms with van der Waals surface area (Å²) in [5, 5.41) is 8.49. The van der Waals surface area contributed by atoms with Gasteiger partial charge in [-0.1, -0.05) is 18.2 Å². The van der Waals surface area contributed by atoms with Gasteiger partial charge in [-0.2, -0.15) is 0 Å². The highest BCUT2D eigenvalue weighted by molar-refractivity contribution is 5.66. The standard InChI is InChI=1S/C15H22O5/c1-12(18-9-8-15(16)17)10-19-13(2)11-20-14-6-4-3-5-7-14/h3-7,12-13H,8-11H2,1-2H3,(H,16,17). The SMILES string of the molecule is CC(COc1ccccc1)OCC(C)OCCC(=O)O. The molecule has 5 nitrogen and oxygen atoms in total. The molecule has 0 aliphatic carbocycles. The lowest BCUT2D eigenvalue weighted by molar-refractivity contribution is -0.139. The first-order valence-electron chi connectivity index (χ1n) is 6.70. The van der Waals surface area contributed by atoms with Crippen LogP contribution >= 0.6 is 0 Å². The summed E-state index contributed by atoms with van der Waals surface area (Å²) in [5.74, 6) is -0.0449. The Kier molecular flexibility index (Phi) is 7.69. The van der Waals surface area contributed by atoms with Crippen molar-refractivity contribution < 1.29 is 24.1 Å². The number of carboxylic acid groups (broad SMARTS) is 1. The van der Waals surface area contributed by atoms with Crippen molar-refractivity contribution in [2.24, 2.45) is 0 Å². The zero-order chi connectivity index (χ0) is 14.8. The highest BCUT2D eigenvalue weighted by Crippen LogP contribution is 2.09. The van der Waals surface area contributed by atoms with Gasteiger partial charge in [0, 0.05) is 0 Å². The van der Waals surface area contributed by atoms with E-state index in [1.807, 2.05) is 44.2 Å². The second-order valence-electron chi connectivity index (χ2n) is 4.59. The van der Waals surface area contributed by atoms with Gasteiger partial charge in [0.2, 0.25) is 0 Å². The number of aliphatic carboxylic acids is 1. The Bertz CT molecular complexity index is 379. The molecule has 2 atom stereocenters. The van der Waals surface area contributed by atoms with Gasteiger partial charge in [-0.3, -0.25) is 4.79 Å². The summed E-state index contributed by atoms with van der Waals surface area (Å²) < 4.78 is 16.5. The Hall–Kier alpha value is -1.59. The van der Waals surface area contributed by atoms with Crippen molar-refractivity contribution in [3.8, 4) is 5.75 Å². The maximum Gasteiger partial charge on any atom is 0.305 e. The first kappa shape index (κ1) is 16.5. The molecule has 20 heavy (non-hydrogen) atoms. The maximum atomic E-state index is 10.3. The van der Waals surface area contributed by atoms with Crippen molar-refractivity contribution in [1.29, 1.82) is 0 Å². The molecule has 0 saturated carbocycles. The van der Waals surface area contributed by atoms with Crippen LogP contribution in [0.25, 0.3) is 0 Å². The normalized spacial score (nSPS) is 13.7. The fraction of sp³-hybridized carbons (Fsp3) is 0.533. The average molecular weight is 282 g/mol. The van der Waals surface area contributed by atoms with Crippen LogP contribution in [0.5, 0.6) is 5.75 Å². The van der Waals surface area contributed by atoms with Crippen molar-refractivity contribution in [2.45, 2.75) is 32.5 Å². The fourth-order valence-electron chi connectivity index (χ4n) is 1.47. The Morgan fingerprint density at radius 3 is 2.40 bits per heavy atom. The van der Waals surface area contributed by atoms with Crippen LogP contribution in [0.1, 0.15) is 20.3 Å². The molecule has 0 radical (unpaired) electrons. The number of carbonyl (C=O) groups is 1. The third-order valence-electron chi connectivity index (χ3n) is 2.56. The first-order chi connectivity index (χ1) is 9.58. The van der Waals surface area contributed by atoms with Crippen LogP contribution in [0, 0.1) is 0 Å². The lowest BCUT2D eigenvalue weighted by Gasteiger charge is -2.18. The van der Waals surface area contributed by atoms with E-state index < -0.39 is 5.97 Å². The zero-order valence-corrected chi connectivity index (χ0v) is 12.0. The number of carboxylic acids is 1. The van der Waals surface area contributed by atoms with E-state index in [-0.39, 0.29) is 25.2 Å². The predicted molar refractivity (Wildman–Crippen MR) is 75.0 cm³/mol. The van der Waals surface area contributed by atoms with Crippen LogP contribution in [-0.2, 0) is 14.3 Å². The largest absolute Gasteiger partial charge is 0.491 e. The topological polar surface area (TPSA) is 65.0 Å². The minimum Gasteiger partial charge on any atom is -0.491 e. The summed E-state index contributed by atoms with van der Waals surface area (Å²) >= 11 is 0. The lowest BCUT2D eigenvalue weighted by atomic mass is 10.3. The van der Waals surface area contributed by atoms with Crippen LogP contribution < -0.4 is 4.74 Å². The van der Waals surface area contributed by atoms with Crippen molar-refractivity contribution in [3.05, 3.63) is 30.3 Å². The summed E-state index contributed by atoms with van der Waals surface area (Å²) in [7, 11) is 0. The highest BCUT2D eigenvalue weighted by atomic mass is 16.6. The molecule has 1 N–H and O–H groups in total. The van der Waals surface area contributed by atoms with Crippen molar-refractivity contribution in [2.75, 3.05) is 19.8 Å². The molecule has 0 amide bonds. The number of hydrogen-bond donors (Lipinski definition) is 1. The van der Waals surface area contributed by atoms with Crippen molar-refractivity contribution in [3.63, 3.8) is 0 Å². The molecular formula is C15H22O5. The molecule has 1 rings (SSSR count). The van der Waals surface area contributed by atoms with Gasteiger partial charge in [0.15, 0.2) is 0 Å². The van der Waals surface area contributed by atoms with E-state index in [0.717, 1.165) is 5.75 Å². The maximum absolute atomic E-state index is 10.3. The molecule has 0 heterocycles. The minimum atomic E-state index is -0.859. The second kappa shape index (κ2) is 9.34. The van der Waals surface area contributed by atoms with Crippen LogP contribution in [0.15, 0.2) is 30.3 Å². The molecular weight excluding hydrogens is 260 g/mol. The van der Waals surface area contributed by atoms with Crippen LogP contribution in [-0.4, -0.2) is 43.1 Å². The number of rotatable bonds is 10. The number of hydrogen-bond acceptors (Lipinski definition) is 4. The van der Waals surface area contributed by atoms with Crippen molar-refractivity contribution in [1.82, 2.24) is 0 Å². The van der Waals surface area contributed by atoms with Gasteiger partial charge in [0.1, 0.15) is 12.4 Å². The molecule has 0 aliphatic heterocycles. The van der Waals surface area contributed by atoms with Gasteiger partial charge < -0.3 is 19.3 Å². The molecule has 1 aromatic carbocycles. The van der Waals surface area contributed by atoms with E-state index in [0.29, 0.717) is 13.2 Å². The Morgan fingerprint density at radius 1 is 1.10 bits per heavy atom. The summed E-state index contributed by atoms with van der Waals surface area (Å²) in [6.07, 6.45) is -0.175. The molecule has 0 aliphatic rings. The van der Waals surface area contributed by atoms with Gasteiger partial charge in [0.05, 0.1) is 31.8 Å². The number of benzene rings is 1. The number of ether oxygens (including phenoxy) is 3. The predicted octanol–water partition coefficient (Wildman–Crippen LogP) is 2.35. The zero-order valence-electron chi connectivity index (χ0n) is 12.0.